The van der Waals surface area contributed by atoms with Gasteiger partial charge in [0.25, 0.3) is 0 Å². The zero-order chi connectivity index (χ0) is 13.2. The van der Waals surface area contributed by atoms with E-state index in [4.69, 9.17) is 11.6 Å². The molecule has 0 heterocycles. The molecule has 2 unspecified atom stereocenters. The minimum Gasteiger partial charge on any atom is -0.319 e. The Hall–Kier alpha value is -1.31. The van der Waals surface area contributed by atoms with Crippen LogP contribution in [0.1, 0.15) is 17.9 Å². The molecule has 0 radical (unpaired) electrons. The number of rotatable bonds is 4. The lowest BCUT2D eigenvalue weighted by molar-refractivity contribution is 0.698. The number of benzene rings is 2. The maximum absolute atomic E-state index is 6.27. The van der Waals surface area contributed by atoms with Crippen LogP contribution in [0.5, 0.6) is 0 Å². The fourth-order valence-electron chi connectivity index (χ4n) is 2.78. The average molecular weight is 272 g/mol. The van der Waals surface area contributed by atoms with Crippen LogP contribution in [0.25, 0.3) is 11.1 Å². The highest BCUT2D eigenvalue weighted by atomic mass is 35.5. The lowest BCUT2D eigenvalue weighted by Gasteiger charge is -2.07. The van der Waals surface area contributed by atoms with Crippen molar-refractivity contribution >= 4 is 11.6 Å². The zero-order valence-electron chi connectivity index (χ0n) is 11.1. The van der Waals surface area contributed by atoms with Crippen molar-refractivity contribution in [1.29, 1.82) is 0 Å². The highest BCUT2D eigenvalue weighted by Gasteiger charge is 2.37. The van der Waals surface area contributed by atoms with Crippen LogP contribution in [0.15, 0.2) is 48.5 Å². The molecule has 2 heteroatoms. The van der Waals surface area contributed by atoms with Crippen molar-refractivity contribution in [2.45, 2.75) is 12.3 Å². The molecule has 1 saturated carbocycles. The second-order valence-electron chi connectivity index (χ2n) is 5.27. The zero-order valence-corrected chi connectivity index (χ0v) is 11.8. The summed E-state index contributed by atoms with van der Waals surface area (Å²) in [6, 6.07) is 16.9. The minimum atomic E-state index is 0.717. The van der Waals surface area contributed by atoms with Crippen LogP contribution in [-0.2, 0) is 0 Å². The normalized spacial score (nSPS) is 21.4. The molecule has 0 spiro atoms. The van der Waals surface area contributed by atoms with E-state index in [1.807, 2.05) is 25.2 Å². The summed E-state index contributed by atoms with van der Waals surface area (Å²) >= 11 is 6.27. The first-order chi connectivity index (χ1) is 9.29. The topological polar surface area (TPSA) is 12.0 Å². The second-order valence-corrected chi connectivity index (χ2v) is 5.67. The summed E-state index contributed by atoms with van der Waals surface area (Å²) in [6.45, 7) is 1.11. The van der Waals surface area contributed by atoms with E-state index in [1.165, 1.54) is 17.5 Å². The SMILES string of the molecule is CNCC1CC1c1cccc(-c2ccccc2Cl)c1. The molecule has 98 valence electrons. The molecule has 2 atom stereocenters. The average Bonchev–Trinajstić information content (AvgIpc) is 3.19. The lowest BCUT2D eigenvalue weighted by Crippen LogP contribution is -2.10. The molecule has 0 aliphatic heterocycles. The molecule has 1 fully saturated rings. The van der Waals surface area contributed by atoms with E-state index in [0.717, 1.165) is 29.0 Å². The first-order valence-electron chi connectivity index (χ1n) is 6.79. The summed E-state index contributed by atoms with van der Waals surface area (Å²) < 4.78 is 0. The van der Waals surface area contributed by atoms with Crippen molar-refractivity contribution in [2.75, 3.05) is 13.6 Å². The van der Waals surface area contributed by atoms with Gasteiger partial charge in [0.1, 0.15) is 0 Å². The van der Waals surface area contributed by atoms with Crippen LogP contribution in [0.2, 0.25) is 5.02 Å². The van der Waals surface area contributed by atoms with Crippen LogP contribution < -0.4 is 5.32 Å². The predicted molar refractivity (Wildman–Crippen MR) is 81.7 cm³/mol. The molecule has 1 nitrogen and oxygen atoms in total. The summed E-state index contributed by atoms with van der Waals surface area (Å²) in [7, 11) is 2.02. The van der Waals surface area contributed by atoms with E-state index in [9.17, 15) is 0 Å². The molecular weight excluding hydrogens is 254 g/mol. The predicted octanol–water partition coefficient (Wildman–Crippen LogP) is 4.33. The van der Waals surface area contributed by atoms with Crippen LogP contribution in [0.4, 0.5) is 0 Å². The van der Waals surface area contributed by atoms with Gasteiger partial charge in [-0.2, -0.15) is 0 Å². The van der Waals surface area contributed by atoms with Crippen molar-refractivity contribution in [1.82, 2.24) is 5.32 Å². The largest absolute Gasteiger partial charge is 0.319 e. The van der Waals surface area contributed by atoms with Gasteiger partial charge >= 0.3 is 0 Å². The molecule has 3 rings (SSSR count). The smallest absolute Gasteiger partial charge is 0.0484 e. The Morgan fingerprint density at radius 2 is 2.00 bits per heavy atom. The van der Waals surface area contributed by atoms with Gasteiger partial charge in [0.15, 0.2) is 0 Å². The third kappa shape index (κ3) is 2.68. The molecule has 19 heavy (non-hydrogen) atoms. The van der Waals surface area contributed by atoms with Gasteiger partial charge in [0.05, 0.1) is 0 Å². The highest BCUT2D eigenvalue weighted by Crippen LogP contribution is 2.47. The maximum Gasteiger partial charge on any atom is 0.0484 e. The van der Waals surface area contributed by atoms with E-state index in [0.29, 0.717) is 0 Å². The lowest BCUT2D eigenvalue weighted by atomic mass is 10.0. The van der Waals surface area contributed by atoms with Crippen LogP contribution >= 0.6 is 11.6 Å². The molecule has 1 aliphatic rings. The van der Waals surface area contributed by atoms with Crippen molar-refractivity contribution in [3.8, 4) is 11.1 Å². The van der Waals surface area contributed by atoms with Gasteiger partial charge in [-0.25, -0.2) is 0 Å². The summed E-state index contributed by atoms with van der Waals surface area (Å²) in [5.74, 6) is 1.52. The van der Waals surface area contributed by atoms with E-state index in [2.05, 4.69) is 35.6 Å². The Labute approximate surface area is 119 Å². The monoisotopic (exact) mass is 271 g/mol. The van der Waals surface area contributed by atoms with Gasteiger partial charge < -0.3 is 5.32 Å². The molecule has 0 aromatic heterocycles. The first kappa shape index (κ1) is 12.7. The number of hydrogen-bond acceptors (Lipinski definition) is 1. The van der Waals surface area contributed by atoms with E-state index in [-0.39, 0.29) is 0 Å². The molecule has 0 amide bonds. The molecule has 1 aliphatic carbocycles. The Kier molecular flexibility index (Phi) is 3.58. The standard InChI is InChI=1S/C17H18ClN/c1-19-11-14-10-16(14)13-6-4-5-12(9-13)15-7-2-3-8-17(15)18/h2-9,14,16,19H,10-11H2,1H3. The summed E-state index contributed by atoms with van der Waals surface area (Å²) in [4.78, 5) is 0. The number of halogens is 1. The molecule has 1 N–H and O–H groups in total. The molecule has 0 saturated heterocycles. The summed E-state index contributed by atoms with van der Waals surface area (Å²) in [5.41, 5.74) is 3.78. The van der Waals surface area contributed by atoms with E-state index >= 15 is 0 Å². The van der Waals surface area contributed by atoms with Gasteiger partial charge in [-0.05, 0) is 49.0 Å². The molecule has 2 aromatic carbocycles. The van der Waals surface area contributed by atoms with Crippen LogP contribution in [0.3, 0.4) is 0 Å². The second kappa shape index (κ2) is 5.36. The number of hydrogen-bond donors (Lipinski definition) is 1. The fourth-order valence-corrected chi connectivity index (χ4v) is 3.02. The van der Waals surface area contributed by atoms with Gasteiger partial charge in [-0.3, -0.25) is 0 Å². The maximum atomic E-state index is 6.27. The van der Waals surface area contributed by atoms with E-state index in [1.54, 1.807) is 0 Å². The highest BCUT2D eigenvalue weighted by molar-refractivity contribution is 6.33. The first-order valence-corrected chi connectivity index (χ1v) is 7.17. The number of nitrogens with one attached hydrogen (secondary N) is 1. The van der Waals surface area contributed by atoms with Crippen molar-refractivity contribution in [3.63, 3.8) is 0 Å². The van der Waals surface area contributed by atoms with Crippen molar-refractivity contribution < 1.29 is 0 Å². The molecule has 0 bridgehead atoms. The minimum absolute atomic E-state index is 0.717. The van der Waals surface area contributed by atoms with Crippen molar-refractivity contribution in [3.05, 3.63) is 59.1 Å². The Morgan fingerprint density at radius 1 is 1.16 bits per heavy atom. The third-order valence-corrected chi connectivity index (χ3v) is 4.22. The van der Waals surface area contributed by atoms with Gasteiger partial charge in [-0.1, -0.05) is 54.1 Å². The Morgan fingerprint density at radius 3 is 2.79 bits per heavy atom. The van der Waals surface area contributed by atoms with E-state index < -0.39 is 0 Å². The quantitative estimate of drug-likeness (QED) is 0.873. The van der Waals surface area contributed by atoms with Crippen molar-refractivity contribution in [2.24, 2.45) is 5.92 Å². The summed E-state index contributed by atoms with van der Waals surface area (Å²) in [6.07, 6.45) is 1.30. The van der Waals surface area contributed by atoms with Crippen LogP contribution in [0, 0.1) is 5.92 Å². The van der Waals surface area contributed by atoms with Crippen LogP contribution in [-0.4, -0.2) is 13.6 Å². The molecular formula is C17H18ClN. The Balaban J connectivity index is 1.87. The van der Waals surface area contributed by atoms with Gasteiger partial charge in [0.2, 0.25) is 0 Å². The van der Waals surface area contributed by atoms with Gasteiger partial charge in [-0.15, -0.1) is 0 Å². The fraction of sp³-hybridized carbons (Fsp3) is 0.294. The Bertz CT molecular complexity index is 579. The summed E-state index contributed by atoms with van der Waals surface area (Å²) in [5, 5.41) is 4.09. The van der Waals surface area contributed by atoms with Gasteiger partial charge in [0, 0.05) is 10.6 Å². The third-order valence-electron chi connectivity index (χ3n) is 3.89. The molecule has 2 aromatic rings.